The molecule has 0 aliphatic carbocycles. The maximum Gasteiger partial charge on any atom is 0.351 e. The van der Waals surface area contributed by atoms with Crippen molar-refractivity contribution < 1.29 is 27.3 Å². The van der Waals surface area contributed by atoms with Gasteiger partial charge in [0.2, 0.25) is 6.04 Å². The van der Waals surface area contributed by atoms with Crippen molar-refractivity contribution in [3.63, 3.8) is 0 Å². The highest BCUT2D eigenvalue weighted by atomic mass is 32.2. The minimum Gasteiger partial charge on any atom is -0.480 e. The predicted molar refractivity (Wildman–Crippen MR) is 106 cm³/mol. The van der Waals surface area contributed by atoms with Crippen LogP contribution in [0.3, 0.4) is 0 Å². The van der Waals surface area contributed by atoms with Gasteiger partial charge in [0, 0.05) is 30.6 Å². The molecule has 2 rings (SSSR count). The first-order valence-electron chi connectivity index (χ1n) is 8.78. The molecule has 0 aromatic heterocycles. The lowest BCUT2D eigenvalue weighted by Gasteiger charge is -2.24. The van der Waals surface area contributed by atoms with Crippen LogP contribution >= 0.6 is 0 Å². The molecule has 0 aliphatic heterocycles. The van der Waals surface area contributed by atoms with Gasteiger partial charge in [-0.2, -0.15) is 8.42 Å². The Hall–Kier alpha value is -2.65. The molecule has 0 heterocycles. The molecule has 0 amide bonds. The molecule has 0 spiro atoms. The van der Waals surface area contributed by atoms with Gasteiger partial charge >= 0.3 is 22.1 Å². The van der Waals surface area contributed by atoms with Crippen LogP contribution in [0.5, 0.6) is 0 Å². The highest BCUT2D eigenvalue weighted by Crippen LogP contribution is 2.31. The molecular formula is C19H24N2O6S. The molecule has 1 atom stereocenters. The van der Waals surface area contributed by atoms with E-state index in [1.54, 1.807) is 38.1 Å². The molecule has 2 aromatic carbocycles. The average Bonchev–Trinajstić information content (AvgIpc) is 2.63. The van der Waals surface area contributed by atoms with E-state index >= 15 is 0 Å². The molecule has 0 bridgehead atoms. The number of carboxylic acids is 1. The van der Waals surface area contributed by atoms with Gasteiger partial charge in [-0.25, -0.2) is 9.59 Å². The van der Waals surface area contributed by atoms with Gasteiger partial charge in [0.1, 0.15) is 4.90 Å². The van der Waals surface area contributed by atoms with Crippen LogP contribution in [-0.2, 0) is 23.9 Å². The SMILES string of the molecule is CCN(CC)C(C(=O)O)C(=O)OS(=O)(=O)c1cccc2c(N(C)C)cccc12. The fraction of sp³-hybridized carbons (Fsp3) is 0.368. The third kappa shape index (κ3) is 4.26. The highest BCUT2D eigenvalue weighted by molar-refractivity contribution is 7.87. The zero-order valence-corrected chi connectivity index (χ0v) is 17.1. The molecule has 0 radical (unpaired) electrons. The molecule has 0 aliphatic rings. The number of rotatable bonds is 8. The number of hydrogen-bond acceptors (Lipinski definition) is 7. The molecule has 0 fully saturated rings. The number of anilines is 1. The van der Waals surface area contributed by atoms with Gasteiger partial charge in [0.25, 0.3) is 0 Å². The summed E-state index contributed by atoms with van der Waals surface area (Å²) in [5.41, 5.74) is 0.799. The zero-order chi connectivity index (χ0) is 21.1. The Balaban J connectivity index is 2.49. The first-order chi connectivity index (χ1) is 13.1. The van der Waals surface area contributed by atoms with E-state index in [1.165, 1.54) is 11.0 Å². The summed E-state index contributed by atoms with van der Waals surface area (Å²) in [6.45, 7) is 3.86. The molecule has 152 valence electrons. The quantitative estimate of drug-likeness (QED) is 0.522. The largest absolute Gasteiger partial charge is 0.480 e. The summed E-state index contributed by atoms with van der Waals surface area (Å²) in [6.07, 6.45) is 0. The van der Waals surface area contributed by atoms with Crippen LogP contribution in [-0.4, -0.2) is 63.6 Å². The van der Waals surface area contributed by atoms with Crippen molar-refractivity contribution in [2.24, 2.45) is 0 Å². The smallest absolute Gasteiger partial charge is 0.351 e. The van der Waals surface area contributed by atoms with E-state index in [0.29, 0.717) is 10.8 Å². The molecule has 1 unspecified atom stereocenters. The highest BCUT2D eigenvalue weighted by Gasteiger charge is 2.36. The second-order valence-electron chi connectivity index (χ2n) is 6.34. The van der Waals surface area contributed by atoms with Crippen molar-refractivity contribution in [1.29, 1.82) is 0 Å². The van der Waals surface area contributed by atoms with E-state index in [0.717, 1.165) is 5.69 Å². The number of likely N-dealkylation sites (N-methyl/N-ethyl adjacent to an activating group) is 1. The van der Waals surface area contributed by atoms with Gasteiger partial charge in [-0.3, -0.25) is 4.90 Å². The minimum atomic E-state index is -4.52. The number of carbonyl (C=O) groups excluding carboxylic acids is 1. The number of nitrogens with zero attached hydrogens (tertiary/aromatic N) is 2. The summed E-state index contributed by atoms with van der Waals surface area (Å²) in [5, 5.41) is 10.4. The first kappa shape index (κ1) is 21.6. The molecule has 0 saturated heterocycles. The summed E-state index contributed by atoms with van der Waals surface area (Å²) < 4.78 is 30.3. The molecule has 2 aromatic rings. The summed E-state index contributed by atoms with van der Waals surface area (Å²) >= 11 is 0. The first-order valence-corrected chi connectivity index (χ1v) is 10.2. The maximum atomic E-state index is 12.8. The molecular weight excluding hydrogens is 384 g/mol. The van der Waals surface area contributed by atoms with E-state index in [-0.39, 0.29) is 18.0 Å². The Morgan fingerprint density at radius 1 is 1.04 bits per heavy atom. The van der Waals surface area contributed by atoms with Gasteiger partial charge in [0.15, 0.2) is 0 Å². The molecule has 9 heteroatoms. The number of fused-ring (bicyclic) bond motifs is 1. The third-order valence-corrected chi connectivity index (χ3v) is 5.72. The number of aliphatic carboxylic acids is 1. The van der Waals surface area contributed by atoms with Crippen molar-refractivity contribution in [2.75, 3.05) is 32.1 Å². The fourth-order valence-electron chi connectivity index (χ4n) is 3.07. The van der Waals surface area contributed by atoms with Crippen LogP contribution in [0.1, 0.15) is 13.8 Å². The Labute approximate surface area is 164 Å². The zero-order valence-electron chi connectivity index (χ0n) is 16.2. The normalized spacial score (nSPS) is 12.8. The van der Waals surface area contributed by atoms with E-state index in [2.05, 4.69) is 0 Å². The Morgan fingerprint density at radius 2 is 1.61 bits per heavy atom. The third-order valence-electron chi connectivity index (χ3n) is 4.44. The van der Waals surface area contributed by atoms with Gasteiger partial charge in [-0.15, -0.1) is 0 Å². The Kier molecular flexibility index (Phi) is 6.63. The lowest BCUT2D eigenvalue weighted by Crippen LogP contribution is -2.48. The van der Waals surface area contributed by atoms with Crippen molar-refractivity contribution in [3.05, 3.63) is 36.4 Å². The summed E-state index contributed by atoms with van der Waals surface area (Å²) in [4.78, 5) is 26.9. The van der Waals surface area contributed by atoms with E-state index in [4.69, 9.17) is 4.18 Å². The van der Waals surface area contributed by atoms with Crippen LogP contribution < -0.4 is 4.90 Å². The topological polar surface area (TPSA) is 104 Å². The van der Waals surface area contributed by atoms with Crippen LogP contribution in [0.15, 0.2) is 41.3 Å². The molecule has 8 nitrogen and oxygen atoms in total. The molecule has 28 heavy (non-hydrogen) atoms. The standard InChI is InChI=1S/C19H24N2O6S/c1-5-21(6-2)17(18(22)23)19(24)27-28(25,26)16-12-8-9-13-14(16)10-7-11-15(13)20(3)4/h7-12,17H,5-6H2,1-4H3,(H,22,23). The van der Waals surface area contributed by atoms with Crippen LogP contribution in [0.4, 0.5) is 5.69 Å². The van der Waals surface area contributed by atoms with E-state index < -0.39 is 28.1 Å². The Bertz CT molecular complexity index is 983. The lowest BCUT2D eigenvalue weighted by molar-refractivity contribution is -0.154. The van der Waals surface area contributed by atoms with E-state index in [9.17, 15) is 23.1 Å². The van der Waals surface area contributed by atoms with Crippen LogP contribution in [0.2, 0.25) is 0 Å². The number of carboxylic acid groups (broad SMARTS) is 1. The van der Waals surface area contributed by atoms with Crippen LogP contribution in [0.25, 0.3) is 10.8 Å². The molecule has 0 saturated carbocycles. The van der Waals surface area contributed by atoms with Gasteiger partial charge in [-0.05, 0) is 25.2 Å². The van der Waals surface area contributed by atoms with Crippen molar-refractivity contribution in [3.8, 4) is 0 Å². The van der Waals surface area contributed by atoms with Crippen molar-refractivity contribution in [2.45, 2.75) is 24.8 Å². The second kappa shape index (κ2) is 8.57. The Morgan fingerprint density at radius 3 is 2.14 bits per heavy atom. The van der Waals surface area contributed by atoms with Gasteiger partial charge < -0.3 is 14.2 Å². The van der Waals surface area contributed by atoms with Crippen molar-refractivity contribution in [1.82, 2.24) is 4.90 Å². The van der Waals surface area contributed by atoms with Crippen molar-refractivity contribution >= 4 is 38.5 Å². The van der Waals surface area contributed by atoms with E-state index in [1.807, 2.05) is 25.1 Å². The fourth-order valence-corrected chi connectivity index (χ4v) is 4.16. The summed E-state index contributed by atoms with van der Waals surface area (Å²) in [5.74, 6) is -2.80. The minimum absolute atomic E-state index is 0.189. The molecule has 1 N–H and O–H groups in total. The average molecular weight is 408 g/mol. The predicted octanol–water partition coefficient (Wildman–Crippen LogP) is 1.93. The van der Waals surface area contributed by atoms with Gasteiger partial charge in [0.05, 0.1) is 0 Å². The lowest BCUT2D eigenvalue weighted by atomic mass is 10.1. The maximum absolute atomic E-state index is 12.8. The van der Waals surface area contributed by atoms with Gasteiger partial charge in [-0.1, -0.05) is 38.1 Å². The number of carbonyl (C=O) groups is 2. The van der Waals surface area contributed by atoms with Crippen LogP contribution in [0, 0.1) is 0 Å². The number of benzene rings is 2. The number of hydrogen-bond donors (Lipinski definition) is 1. The monoisotopic (exact) mass is 408 g/mol. The second-order valence-corrected chi connectivity index (χ2v) is 7.86. The summed E-state index contributed by atoms with van der Waals surface area (Å²) in [6, 6.07) is 8.10. The summed E-state index contributed by atoms with van der Waals surface area (Å²) in [7, 11) is -0.853.